The molecule has 1 aliphatic heterocycles. The maximum atomic E-state index is 11.4. The van der Waals surface area contributed by atoms with Crippen LogP contribution in [-0.2, 0) is 21.4 Å². The second kappa shape index (κ2) is 5.48. The molecule has 6 heteroatoms. The van der Waals surface area contributed by atoms with Gasteiger partial charge in [-0.05, 0) is 29.3 Å². The Hall–Kier alpha value is -1.89. The average molecular weight is 304 g/mol. The van der Waals surface area contributed by atoms with Gasteiger partial charge in [-0.15, -0.1) is 0 Å². The molecule has 0 saturated carbocycles. The van der Waals surface area contributed by atoms with Gasteiger partial charge in [-0.3, -0.25) is 0 Å². The summed E-state index contributed by atoms with van der Waals surface area (Å²) in [6.07, 6.45) is 0. The molecular formula is C15H16N2O3S. The van der Waals surface area contributed by atoms with Crippen molar-refractivity contribution in [3.63, 3.8) is 0 Å². The first-order valence-corrected chi connectivity index (χ1v) is 8.13. The lowest BCUT2D eigenvalue weighted by molar-refractivity contribution is 0.0970. The minimum absolute atomic E-state index is 0.00863. The first kappa shape index (κ1) is 14.1. The van der Waals surface area contributed by atoms with Crippen LogP contribution in [0.1, 0.15) is 17.2 Å². The van der Waals surface area contributed by atoms with Gasteiger partial charge in [-0.2, -0.15) is 0 Å². The number of sulfonamides is 1. The minimum Gasteiger partial charge on any atom is -0.376 e. The summed E-state index contributed by atoms with van der Waals surface area (Å²) in [5.74, 6) is 0. The molecule has 0 saturated heterocycles. The standard InChI is InChI=1S/C15H16N2O3S/c16-21(18,19)13-6-3-5-12(8-13)17-15-10-20-9-11-4-1-2-7-14(11)15/h1-8,15,17H,9-10H2,(H2,16,18,19). The van der Waals surface area contributed by atoms with Crippen molar-refractivity contribution >= 4 is 15.7 Å². The van der Waals surface area contributed by atoms with Gasteiger partial charge in [0.1, 0.15) is 0 Å². The first-order valence-electron chi connectivity index (χ1n) is 6.59. The van der Waals surface area contributed by atoms with Crippen LogP contribution in [0.25, 0.3) is 0 Å². The lowest BCUT2D eigenvalue weighted by atomic mass is 9.99. The van der Waals surface area contributed by atoms with Crippen LogP contribution in [0.5, 0.6) is 0 Å². The molecule has 2 aromatic carbocycles. The SMILES string of the molecule is NS(=O)(=O)c1cccc(NC2COCc3ccccc32)c1. The lowest BCUT2D eigenvalue weighted by Crippen LogP contribution is -2.23. The molecule has 1 atom stereocenters. The number of benzene rings is 2. The number of ether oxygens (including phenoxy) is 1. The van der Waals surface area contributed by atoms with Crippen molar-refractivity contribution in [2.45, 2.75) is 17.5 Å². The van der Waals surface area contributed by atoms with E-state index in [4.69, 9.17) is 9.88 Å². The van der Waals surface area contributed by atoms with Crippen LogP contribution in [-0.4, -0.2) is 15.0 Å². The number of hydrogen-bond donors (Lipinski definition) is 2. The topological polar surface area (TPSA) is 81.4 Å². The Morgan fingerprint density at radius 3 is 2.76 bits per heavy atom. The third-order valence-corrected chi connectivity index (χ3v) is 4.39. The van der Waals surface area contributed by atoms with E-state index in [1.165, 1.54) is 17.7 Å². The van der Waals surface area contributed by atoms with Crippen LogP contribution in [0.2, 0.25) is 0 Å². The smallest absolute Gasteiger partial charge is 0.238 e. The highest BCUT2D eigenvalue weighted by atomic mass is 32.2. The molecule has 0 amide bonds. The van der Waals surface area contributed by atoms with Crippen LogP contribution in [0.15, 0.2) is 53.4 Å². The third kappa shape index (κ3) is 3.07. The van der Waals surface area contributed by atoms with Gasteiger partial charge in [0.25, 0.3) is 0 Å². The van der Waals surface area contributed by atoms with Crippen LogP contribution >= 0.6 is 0 Å². The van der Waals surface area contributed by atoms with E-state index in [0.29, 0.717) is 18.9 Å². The molecule has 0 aromatic heterocycles. The molecule has 21 heavy (non-hydrogen) atoms. The van der Waals surface area contributed by atoms with Crippen molar-refractivity contribution in [1.82, 2.24) is 0 Å². The summed E-state index contributed by atoms with van der Waals surface area (Å²) in [5.41, 5.74) is 3.01. The molecular weight excluding hydrogens is 288 g/mol. The molecule has 1 aliphatic rings. The number of nitrogens with two attached hydrogens (primary N) is 1. The largest absolute Gasteiger partial charge is 0.376 e. The molecule has 110 valence electrons. The van der Waals surface area contributed by atoms with E-state index in [1.807, 2.05) is 24.3 Å². The summed E-state index contributed by atoms with van der Waals surface area (Å²) in [4.78, 5) is 0.0949. The molecule has 1 heterocycles. The van der Waals surface area contributed by atoms with Gasteiger partial charge in [0.2, 0.25) is 10.0 Å². The van der Waals surface area contributed by atoms with Crippen molar-refractivity contribution < 1.29 is 13.2 Å². The molecule has 0 aliphatic carbocycles. The highest BCUT2D eigenvalue weighted by Gasteiger charge is 2.20. The van der Waals surface area contributed by atoms with Gasteiger partial charge in [-0.1, -0.05) is 30.3 Å². The van der Waals surface area contributed by atoms with E-state index in [0.717, 1.165) is 5.56 Å². The molecule has 5 nitrogen and oxygen atoms in total. The summed E-state index contributed by atoms with van der Waals surface area (Å²) in [7, 11) is -3.70. The van der Waals surface area contributed by atoms with E-state index in [-0.39, 0.29) is 10.9 Å². The highest BCUT2D eigenvalue weighted by molar-refractivity contribution is 7.89. The van der Waals surface area contributed by atoms with E-state index < -0.39 is 10.0 Å². The zero-order chi connectivity index (χ0) is 14.9. The van der Waals surface area contributed by atoms with Gasteiger partial charge in [0.05, 0.1) is 24.2 Å². The third-order valence-electron chi connectivity index (χ3n) is 3.48. The summed E-state index contributed by atoms with van der Waals surface area (Å²) in [5, 5.41) is 8.46. The van der Waals surface area contributed by atoms with Crippen molar-refractivity contribution in [1.29, 1.82) is 0 Å². The van der Waals surface area contributed by atoms with Crippen LogP contribution < -0.4 is 10.5 Å². The van der Waals surface area contributed by atoms with E-state index in [1.54, 1.807) is 6.07 Å². The van der Waals surface area contributed by atoms with Gasteiger partial charge in [-0.25, -0.2) is 13.6 Å². The Labute approximate surface area is 123 Å². The average Bonchev–Trinajstić information content (AvgIpc) is 2.47. The van der Waals surface area contributed by atoms with Crippen molar-refractivity contribution in [3.8, 4) is 0 Å². The maximum absolute atomic E-state index is 11.4. The number of fused-ring (bicyclic) bond motifs is 1. The number of anilines is 1. The molecule has 0 spiro atoms. The predicted molar refractivity (Wildman–Crippen MR) is 80.3 cm³/mol. The lowest BCUT2D eigenvalue weighted by Gasteiger charge is -2.27. The zero-order valence-electron chi connectivity index (χ0n) is 11.3. The zero-order valence-corrected chi connectivity index (χ0v) is 12.1. The fourth-order valence-corrected chi connectivity index (χ4v) is 3.03. The maximum Gasteiger partial charge on any atom is 0.238 e. The second-order valence-electron chi connectivity index (χ2n) is 4.98. The van der Waals surface area contributed by atoms with E-state index in [9.17, 15) is 8.42 Å². The van der Waals surface area contributed by atoms with Gasteiger partial charge < -0.3 is 10.1 Å². The van der Waals surface area contributed by atoms with Crippen molar-refractivity contribution in [2.24, 2.45) is 5.14 Å². The molecule has 1 unspecified atom stereocenters. The second-order valence-corrected chi connectivity index (χ2v) is 6.55. The summed E-state index contributed by atoms with van der Waals surface area (Å²) < 4.78 is 28.4. The molecule has 3 N–H and O–H groups in total. The van der Waals surface area contributed by atoms with Gasteiger partial charge in [0.15, 0.2) is 0 Å². The van der Waals surface area contributed by atoms with Crippen LogP contribution in [0.4, 0.5) is 5.69 Å². The Bertz CT molecular complexity index is 759. The Kier molecular flexibility index (Phi) is 3.67. The summed E-state index contributed by atoms with van der Waals surface area (Å²) in [6, 6.07) is 14.5. The van der Waals surface area contributed by atoms with Gasteiger partial charge >= 0.3 is 0 Å². The quantitative estimate of drug-likeness (QED) is 0.909. The Balaban J connectivity index is 1.89. The summed E-state index contributed by atoms with van der Waals surface area (Å²) in [6.45, 7) is 1.14. The molecule has 0 fully saturated rings. The Morgan fingerprint density at radius 1 is 1.14 bits per heavy atom. The fraction of sp³-hybridized carbons (Fsp3) is 0.200. The fourth-order valence-electron chi connectivity index (χ4n) is 2.47. The highest BCUT2D eigenvalue weighted by Crippen LogP contribution is 2.28. The van der Waals surface area contributed by atoms with Crippen molar-refractivity contribution in [2.75, 3.05) is 11.9 Å². The van der Waals surface area contributed by atoms with E-state index in [2.05, 4.69) is 11.4 Å². The van der Waals surface area contributed by atoms with Crippen molar-refractivity contribution in [3.05, 3.63) is 59.7 Å². The number of hydrogen-bond acceptors (Lipinski definition) is 4. The van der Waals surface area contributed by atoms with Crippen LogP contribution in [0.3, 0.4) is 0 Å². The number of primary sulfonamides is 1. The molecule has 2 aromatic rings. The number of rotatable bonds is 3. The predicted octanol–water partition coefficient (Wildman–Crippen LogP) is 2.02. The van der Waals surface area contributed by atoms with E-state index >= 15 is 0 Å². The molecule has 0 radical (unpaired) electrons. The molecule has 3 rings (SSSR count). The minimum atomic E-state index is -3.70. The number of nitrogens with one attached hydrogen (secondary N) is 1. The molecule has 0 bridgehead atoms. The van der Waals surface area contributed by atoms with Gasteiger partial charge in [0, 0.05) is 5.69 Å². The summed E-state index contributed by atoms with van der Waals surface area (Å²) >= 11 is 0. The Morgan fingerprint density at radius 2 is 1.95 bits per heavy atom. The normalized spacial score (nSPS) is 18.0. The van der Waals surface area contributed by atoms with Crippen LogP contribution in [0, 0.1) is 0 Å². The monoisotopic (exact) mass is 304 g/mol. The first-order chi connectivity index (χ1) is 10.0.